The van der Waals surface area contributed by atoms with Gasteiger partial charge < -0.3 is 20.4 Å². The van der Waals surface area contributed by atoms with Crippen LogP contribution >= 0.6 is 0 Å². The molecule has 5 nitrogen and oxygen atoms in total. The number of nitrogens with two attached hydrogens (primary N) is 1. The summed E-state index contributed by atoms with van der Waals surface area (Å²) in [5.41, 5.74) is 7.27. The van der Waals surface area contributed by atoms with Gasteiger partial charge in [-0.25, -0.2) is 4.79 Å². The van der Waals surface area contributed by atoms with E-state index in [1.807, 2.05) is 25.1 Å². The third-order valence-electron chi connectivity index (χ3n) is 4.89. The molecule has 3 rings (SSSR count). The van der Waals surface area contributed by atoms with Crippen molar-refractivity contribution in [3.63, 3.8) is 0 Å². The van der Waals surface area contributed by atoms with E-state index in [1.165, 1.54) is 6.07 Å². The molecule has 0 radical (unpaired) electrons. The first kappa shape index (κ1) is 17.5. The Morgan fingerprint density at radius 2 is 2.08 bits per heavy atom. The summed E-state index contributed by atoms with van der Waals surface area (Å²) in [6.45, 7) is 1.90. The molecule has 2 atom stereocenters. The van der Waals surface area contributed by atoms with Gasteiger partial charge in [-0.3, -0.25) is 0 Å². The van der Waals surface area contributed by atoms with Crippen molar-refractivity contribution in [2.45, 2.75) is 51.0 Å². The summed E-state index contributed by atoms with van der Waals surface area (Å²) in [5.74, 6) is 0.496. The summed E-state index contributed by atoms with van der Waals surface area (Å²) < 4.78 is 5.44. The maximum Gasteiger partial charge on any atom is 0.343 e. The molecule has 1 aliphatic rings. The number of aromatic hydroxyl groups is 1. The van der Waals surface area contributed by atoms with Crippen molar-refractivity contribution in [2.24, 2.45) is 5.92 Å². The van der Waals surface area contributed by atoms with E-state index in [0.29, 0.717) is 42.2 Å². The van der Waals surface area contributed by atoms with Gasteiger partial charge in [0, 0.05) is 24.1 Å². The minimum absolute atomic E-state index is 0.0310. The molecule has 5 heteroatoms. The Kier molecular flexibility index (Phi) is 5.13. The van der Waals surface area contributed by atoms with E-state index in [0.717, 1.165) is 18.4 Å². The number of benzene rings is 1. The largest absolute Gasteiger partial charge is 0.507 e. The van der Waals surface area contributed by atoms with E-state index in [4.69, 9.17) is 10.2 Å². The van der Waals surface area contributed by atoms with E-state index in [1.54, 1.807) is 6.07 Å². The first-order valence-corrected chi connectivity index (χ1v) is 8.89. The topological polar surface area (TPSA) is 96.7 Å². The zero-order valence-electron chi connectivity index (χ0n) is 14.4. The molecule has 1 aromatic heterocycles. The number of hydrogen-bond donors (Lipinski definition) is 3. The fourth-order valence-electron chi connectivity index (χ4n) is 3.32. The maximum atomic E-state index is 12.6. The highest BCUT2D eigenvalue weighted by molar-refractivity contribution is 5.47. The lowest BCUT2D eigenvalue weighted by Gasteiger charge is -2.18. The summed E-state index contributed by atoms with van der Waals surface area (Å²) in [4.78, 5) is 12.6. The molecule has 1 saturated carbocycles. The predicted octanol–water partition coefficient (Wildman–Crippen LogP) is 3.17. The molecule has 1 aromatic carbocycles. The average molecular weight is 343 g/mol. The van der Waals surface area contributed by atoms with Crippen LogP contribution in [0, 0.1) is 5.92 Å². The third-order valence-corrected chi connectivity index (χ3v) is 4.89. The van der Waals surface area contributed by atoms with Crippen LogP contribution in [0.2, 0.25) is 0 Å². The van der Waals surface area contributed by atoms with Crippen molar-refractivity contribution in [2.75, 3.05) is 5.73 Å². The Morgan fingerprint density at radius 1 is 1.32 bits per heavy atom. The van der Waals surface area contributed by atoms with Crippen LogP contribution < -0.4 is 11.4 Å². The van der Waals surface area contributed by atoms with E-state index >= 15 is 0 Å². The number of aliphatic hydroxyl groups is 1. The van der Waals surface area contributed by atoms with Crippen LogP contribution in [-0.2, 0) is 6.42 Å². The highest BCUT2D eigenvalue weighted by Crippen LogP contribution is 2.47. The van der Waals surface area contributed by atoms with Gasteiger partial charge in [0.2, 0.25) is 0 Å². The van der Waals surface area contributed by atoms with E-state index in [-0.39, 0.29) is 11.7 Å². The van der Waals surface area contributed by atoms with Crippen LogP contribution in [0.4, 0.5) is 5.69 Å². The Balaban J connectivity index is 1.93. The second-order valence-corrected chi connectivity index (χ2v) is 6.89. The highest BCUT2D eigenvalue weighted by atomic mass is 16.4. The number of hydrogen-bond acceptors (Lipinski definition) is 5. The van der Waals surface area contributed by atoms with Crippen molar-refractivity contribution in [3.05, 3.63) is 57.6 Å². The summed E-state index contributed by atoms with van der Waals surface area (Å²) in [6.07, 6.45) is 3.17. The van der Waals surface area contributed by atoms with Crippen LogP contribution in [0.5, 0.6) is 5.75 Å². The molecule has 0 saturated heterocycles. The van der Waals surface area contributed by atoms with Gasteiger partial charge >= 0.3 is 5.63 Å². The summed E-state index contributed by atoms with van der Waals surface area (Å²) in [5, 5.41) is 20.2. The fraction of sp³-hybridized carbons (Fsp3) is 0.450. The van der Waals surface area contributed by atoms with E-state index < -0.39 is 11.7 Å². The first-order valence-electron chi connectivity index (χ1n) is 8.89. The molecule has 0 spiro atoms. The van der Waals surface area contributed by atoms with Crippen molar-refractivity contribution in [3.8, 4) is 5.75 Å². The molecule has 1 fully saturated rings. The average Bonchev–Trinajstić information content (AvgIpc) is 3.40. The van der Waals surface area contributed by atoms with Crippen molar-refractivity contribution >= 4 is 5.69 Å². The van der Waals surface area contributed by atoms with Crippen molar-refractivity contribution < 1.29 is 14.6 Å². The minimum atomic E-state index is -0.500. The normalized spacial score (nSPS) is 16.6. The van der Waals surface area contributed by atoms with E-state index in [2.05, 4.69) is 0 Å². The summed E-state index contributed by atoms with van der Waals surface area (Å²) >= 11 is 0. The lowest BCUT2D eigenvalue weighted by atomic mass is 9.87. The molecule has 0 bridgehead atoms. The van der Waals surface area contributed by atoms with Gasteiger partial charge in [0.1, 0.15) is 11.5 Å². The Hall–Kier alpha value is -2.27. The van der Waals surface area contributed by atoms with Crippen LogP contribution in [0.3, 0.4) is 0 Å². The summed E-state index contributed by atoms with van der Waals surface area (Å²) in [6, 6.07) is 8.97. The molecule has 0 amide bonds. The van der Waals surface area contributed by atoms with E-state index in [9.17, 15) is 15.0 Å². The lowest BCUT2D eigenvalue weighted by molar-refractivity contribution is 0.158. The Labute approximate surface area is 147 Å². The molecule has 1 aliphatic carbocycles. The SMILES string of the molecule is CCC(O)CCc1cc(O)c(C(c2cccc(N)c2)C2CC2)c(=O)o1. The molecular weight excluding hydrogens is 318 g/mol. The molecule has 1 heterocycles. The molecule has 4 N–H and O–H groups in total. The zero-order chi connectivity index (χ0) is 18.0. The van der Waals surface area contributed by atoms with Gasteiger partial charge in [-0.15, -0.1) is 0 Å². The Morgan fingerprint density at radius 3 is 2.68 bits per heavy atom. The predicted molar refractivity (Wildman–Crippen MR) is 96.7 cm³/mol. The smallest absolute Gasteiger partial charge is 0.343 e. The monoisotopic (exact) mass is 343 g/mol. The van der Waals surface area contributed by atoms with Crippen LogP contribution in [0.25, 0.3) is 0 Å². The number of aryl methyl sites for hydroxylation is 1. The standard InChI is InChI=1S/C20H25NO4/c1-2-15(22)8-9-16-11-17(23)19(20(24)25-16)18(12-6-7-12)13-4-3-5-14(21)10-13/h3-5,10-12,15,18,22-23H,2,6-9,21H2,1H3. The van der Waals surface area contributed by atoms with Gasteiger partial charge in [-0.1, -0.05) is 19.1 Å². The molecule has 0 aliphatic heterocycles. The summed E-state index contributed by atoms with van der Waals surface area (Å²) in [7, 11) is 0. The highest BCUT2D eigenvalue weighted by Gasteiger charge is 2.37. The van der Waals surface area contributed by atoms with Gasteiger partial charge in [-0.05, 0) is 49.3 Å². The third kappa shape index (κ3) is 4.04. The van der Waals surface area contributed by atoms with Crippen LogP contribution in [-0.4, -0.2) is 16.3 Å². The zero-order valence-corrected chi connectivity index (χ0v) is 14.4. The van der Waals surface area contributed by atoms with Gasteiger partial charge in [0.25, 0.3) is 0 Å². The molecule has 25 heavy (non-hydrogen) atoms. The number of anilines is 1. The first-order chi connectivity index (χ1) is 12.0. The lowest BCUT2D eigenvalue weighted by Crippen LogP contribution is -2.17. The second kappa shape index (κ2) is 7.31. The number of rotatable bonds is 7. The quantitative estimate of drug-likeness (QED) is 0.671. The van der Waals surface area contributed by atoms with Gasteiger partial charge in [0.05, 0.1) is 11.7 Å². The number of aliphatic hydroxyl groups excluding tert-OH is 1. The second-order valence-electron chi connectivity index (χ2n) is 6.89. The fourth-order valence-corrected chi connectivity index (χ4v) is 3.32. The molecule has 2 unspecified atom stereocenters. The van der Waals surface area contributed by atoms with Crippen LogP contribution in [0.15, 0.2) is 39.5 Å². The molecule has 134 valence electrons. The molecular formula is C20H25NO4. The van der Waals surface area contributed by atoms with Gasteiger partial charge in [0.15, 0.2) is 0 Å². The number of nitrogen functional groups attached to an aromatic ring is 1. The van der Waals surface area contributed by atoms with Crippen LogP contribution in [0.1, 0.15) is 55.4 Å². The Bertz CT molecular complexity index is 795. The molecule has 2 aromatic rings. The van der Waals surface area contributed by atoms with Crippen molar-refractivity contribution in [1.82, 2.24) is 0 Å². The van der Waals surface area contributed by atoms with Crippen molar-refractivity contribution in [1.29, 1.82) is 0 Å². The maximum absolute atomic E-state index is 12.6. The minimum Gasteiger partial charge on any atom is -0.507 e. The van der Waals surface area contributed by atoms with Gasteiger partial charge in [-0.2, -0.15) is 0 Å².